The van der Waals surface area contributed by atoms with Crippen LogP contribution in [-0.2, 0) is 9.59 Å². The largest absolute Gasteiger partial charge is 0.477 e. The van der Waals surface area contributed by atoms with Gasteiger partial charge in [-0.25, -0.2) is 4.79 Å². The average Bonchev–Trinajstić information content (AvgIpc) is 2.96. The molecule has 0 radical (unpaired) electrons. The molecule has 0 aromatic carbocycles. The molecule has 1 amide bonds. The first-order valence-electron chi connectivity index (χ1n) is 6.22. The van der Waals surface area contributed by atoms with Gasteiger partial charge in [-0.15, -0.1) is 0 Å². The Morgan fingerprint density at radius 3 is 2.62 bits per heavy atom. The van der Waals surface area contributed by atoms with E-state index in [-0.39, 0.29) is 0 Å². The lowest BCUT2D eigenvalue weighted by Crippen LogP contribution is -2.29. The van der Waals surface area contributed by atoms with Crippen molar-refractivity contribution in [1.29, 1.82) is 0 Å². The Morgan fingerprint density at radius 2 is 2.10 bits per heavy atom. The first-order chi connectivity index (χ1) is 9.97. The molecule has 0 atom stereocenters. The summed E-state index contributed by atoms with van der Waals surface area (Å²) in [5.41, 5.74) is -0.0160. The molecule has 0 aliphatic rings. The van der Waals surface area contributed by atoms with Gasteiger partial charge in [0.2, 0.25) is 0 Å². The quantitative estimate of drug-likeness (QED) is 0.378. The molecular formula is C16H17NO4. The van der Waals surface area contributed by atoms with E-state index in [1.165, 1.54) is 24.3 Å². The van der Waals surface area contributed by atoms with Crippen molar-refractivity contribution in [3.63, 3.8) is 0 Å². The van der Waals surface area contributed by atoms with Gasteiger partial charge in [-0.2, -0.15) is 0 Å². The molecule has 5 nitrogen and oxygen atoms in total. The van der Waals surface area contributed by atoms with Crippen LogP contribution in [0.1, 0.15) is 12.7 Å². The van der Waals surface area contributed by atoms with Gasteiger partial charge in [0.15, 0.2) is 0 Å². The maximum absolute atomic E-state index is 12.2. The van der Waals surface area contributed by atoms with E-state index in [0.29, 0.717) is 11.5 Å². The molecule has 21 heavy (non-hydrogen) atoms. The number of nitrogens with zero attached hydrogens (tertiary/aromatic N) is 1. The van der Waals surface area contributed by atoms with Gasteiger partial charge < -0.3 is 14.4 Å². The van der Waals surface area contributed by atoms with Crippen LogP contribution in [0.4, 0.5) is 0 Å². The summed E-state index contributed by atoms with van der Waals surface area (Å²) in [6, 6.07) is 3.18. The lowest BCUT2D eigenvalue weighted by molar-refractivity contribution is -0.136. The smallest absolute Gasteiger partial charge is 0.341 e. The van der Waals surface area contributed by atoms with Crippen LogP contribution in [0, 0.1) is 0 Å². The number of likely N-dealkylation sites (N-methyl/N-ethyl adjacent to an activating group) is 1. The van der Waals surface area contributed by atoms with E-state index in [2.05, 4.69) is 6.58 Å². The number of aliphatic carboxylic acids is 1. The van der Waals surface area contributed by atoms with Gasteiger partial charge in [0, 0.05) is 18.8 Å². The SMILES string of the molecule is C=C(/C=C\C=C/C)N(C)C(=O)/C(=C/c1ccco1)C(=O)O. The predicted molar refractivity (Wildman–Crippen MR) is 80.2 cm³/mol. The highest BCUT2D eigenvalue weighted by Crippen LogP contribution is 2.13. The molecule has 1 aromatic rings. The average molecular weight is 287 g/mol. The van der Waals surface area contributed by atoms with E-state index in [0.717, 1.165) is 0 Å². The van der Waals surface area contributed by atoms with E-state index in [1.54, 1.807) is 30.4 Å². The molecule has 0 aliphatic carbocycles. The Kier molecular flexibility index (Phi) is 5.95. The number of carbonyl (C=O) groups excluding carboxylic acids is 1. The number of amides is 1. The van der Waals surface area contributed by atoms with Crippen molar-refractivity contribution >= 4 is 18.0 Å². The summed E-state index contributed by atoms with van der Waals surface area (Å²) in [7, 11) is 1.46. The minimum atomic E-state index is -1.33. The molecular weight excluding hydrogens is 270 g/mol. The van der Waals surface area contributed by atoms with Gasteiger partial charge in [-0.1, -0.05) is 24.8 Å². The highest BCUT2D eigenvalue weighted by Gasteiger charge is 2.22. The number of allylic oxidation sites excluding steroid dienone is 4. The highest BCUT2D eigenvalue weighted by atomic mass is 16.4. The molecule has 0 bridgehead atoms. The van der Waals surface area contributed by atoms with Crippen LogP contribution in [0.5, 0.6) is 0 Å². The summed E-state index contributed by atoms with van der Waals surface area (Å²) in [6.45, 7) is 5.58. The summed E-state index contributed by atoms with van der Waals surface area (Å²) in [6.07, 6.45) is 9.51. The summed E-state index contributed by atoms with van der Waals surface area (Å²) in [5.74, 6) is -1.70. The second-order valence-corrected chi connectivity index (χ2v) is 4.12. The molecule has 0 fully saturated rings. The molecule has 1 aromatic heterocycles. The van der Waals surface area contributed by atoms with Crippen LogP contribution in [0.25, 0.3) is 6.08 Å². The fourth-order valence-corrected chi connectivity index (χ4v) is 1.43. The van der Waals surface area contributed by atoms with Gasteiger partial charge in [0.1, 0.15) is 11.3 Å². The van der Waals surface area contributed by atoms with Gasteiger partial charge in [-0.3, -0.25) is 4.79 Å². The fourth-order valence-electron chi connectivity index (χ4n) is 1.43. The third-order valence-electron chi connectivity index (χ3n) is 2.62. The maximum atomic E-state index is 12.2. The minimum absolute atomic E-state index is 0.296. The van der Waals surface area contributed by atoms with Crippen LogP contribution >= 0.6 is 0 Å². The number of hydrogen-bond donors (Lipinski definition) is 1. The van der Waals surface area contributed by atoms with Gasteiger partial charge >= 0.3 is 5.97 Å². The van der Waals surface area contributed by atoms with E-state index < -0.39 is 17.4 Å². The zero-order chi connectivity index (χ0) is 15.8. The Hall–Kier alpha value is -2.82. The van der Waals surface area contributed by atoms with Crippen LogP contribution in [0.15, 0.2) is 65.0 Å². The molecule has 1 heterocycles. The third kappa shape index (κ3) is 4.65. The molecule has 0 spiro atoms. The molecule has 1 rings (SSSR count). The Labute approximate surface area is 123 Å². The number of carboxylic acids is 1. The number of rotatable bonds is 6. The predicted octanol–water partition coefficient (Wildman–Crippen LogP) is 2.85. The van der Waals surface area contributed by atoms with Gasteiger partial charge in [-0.05, 0) is 25.1 Å². The second kappa shape index (κ2) is 7.69. The van der Waals surface area contributed by atoms with E-state index >= 15 is 0 Å². The lowest BCUT2D eigenvalue weighted by Gasteiger charge is -2.17. The van der Waals surface area contributed by atoms with Crippen molar-refractivity contribution in [2.24, 2.45) is 0 Å². The van der Waals surface area contributed by atoms with Crippen molar-refractivity contribution in [1.82, 2.24) is 4.90 Å². The molecule has 0 saturated carbocycles. The monoisotopic (exact) mass is 287 g/mol. The first-order valence-corrected chi connectivity index (χ1v) is 6.22. The van der Waals surface area contributed by atoms with E-state index in [1.807, 2.05) is 13.0 Å². The molecule has 1 N–H and O–H groups in total. The molecule has 0 saturated heterocycles. The van der Waals surface area contributed by atoms with Gasteiger partial charge in [0.25, 0.3) is 5.91 Å². The number of carbonyl (C=O) groups is 2. The van der Waals surface area contributed by atoms with Crippen LogP contribution in [0.2, 0.25) is 0 Å². The third-order valence-corrected chi connectivity index (χ3v) is 2.62. The molecule has 0 unspecified atom stereocenters. The summed E-state index contributed by atoms with van der Waals surface area (Å²) >= 11 is 0. The van der Waals surface area contributed by atoms with Crippen LogP contribution < -0.4 is 0 Å². The molecule has 110 valence electrons. The van der Waals surface area contributed by atoms with Crippen molar-refractivity contribution in [3.05, 3.63) is 66.3 Å². The lowest BCUT2D eigenvalue weighted by atomic mass is 10.2. The molecule has 0 aliphatic heterocycles. The van der Waals surface area contributed by atoms with Crippen molar-refractivity contribution in [2.45, 2.75) is 6.92 Å². The van der Waals surface area contributed by atoms with Gasteiger partial charge in [0.05, 0.1) is 6.26 Å². The normalized spacial score (nSPS) is 12.0. The number of carboxylic acid groups (broad SMARTS) is 1. The highest BCUT2D eigenvalue weighted by molar-refractivity contribution is 6.19. The maximum Gasteiger partial charge on any atom is 0.341 e. The fraction of sp³-hybridized carbons (Fsp3) is 0.125. The van der Waals surface area contributed by atoms with Crippen LogP contribution in [0.3, 0.4) is 0 Å². The number of hydrogen-bond acceptors (Lipinski definition) is 3. The topological polar surface area (TPSA) is 70.8 Å². The minimum Gasteiger partial charge on any atom is -0.477 e. The Morgan fingerprint density at radius 1 is 1.38 bits per heavy atom. The van der Waals surface area contributed by atoms with Crippen molar-refractivity contribution in [2.75, 3.05) is 7.05 Å². The summed E-state index contributed by atoms with van der Waals surface area (Å²) < 4.78 is 5.03. The second-order valence-electron chi connectivity index (χ2n) is 4.12. The summed E-state index contributed by atoms with van der Waals surface area (Å²) in [5, 5.41) is 9.17. The van der Waals surface area contributed by atoms with Crippen LogP contribution in [-0.4, -0.2) is 28.9 Å². The van der Waals surface area contributed by atoms with Crippen molar-refractivity contribution < 1.29 is 19.1 Å². The zero-order valence-corrected chi connectivity index (χ0v) is 11.9. The molecule has 5 heteroatoms. The standard InChI is InChI=1S/C16H17NO4/c1-4-5-6-8-12(2)17(3)15(18)14(16(19)20)11-13-9-7-10-21-13/h4-11H,2H2,1,3H3,(H,19,20)/b5-4-,8-6-,14-11-. The van der Waals surface area contributed by atoms with E-state index in [4.69, 9.17) is 4.42 Å². The first kappa shape index (κ1) is 16.2. The van der Waals surface area contributed by atoms with Crippen molar-refractivity contribution in [3.8, 4) is 0 Å². The number of furan rings is 1. The zero-order valence-electron chi connectivity index (χ0n) is 11.9. The van der Waals surface area contributed by atoms with E-state index in [9.17, 15) is 14.7 Å². The Bertz CT molecular complexity index is 606. The Balaban J connectivity index is 2.96. The summed E-state index contributed by atoms with van der Waals surface area (Å²) in [4.78, 5) is 24.6.